The van der Waals surface area contributed by atoms with E-state index in [9.17, 15) is 19.2 Å². The van der Waals surface area contributed by atoms with E-state index in [2.05, 4.69) is 0 Å². The number of hydrogen-bond donors (Lipinski definition) is 3. The van der Waals surface area contributed by atoms with Crippen molar-refractivity contribution in [3.8, 4) is 0 Å². The van der Waals surface area contributed by atoms with Crippen LogP contribution in [0.2, 0.25) is 0 Å². The molecule has 0 bridgehead atoms. The van der Waals surface area contributed by atoms with Crippen LogP contribution in [0.25, 0.3) is 10.2 Å². The average Bonchev–Trinajstić information content (AvgIpc) is 3.26. The van der Waals surface area contributed by atoms with Gasteiger partial charge in [-0.1, -0.05) is 0 Å². The lowest BCUT2D eigenvalue weighted by Crippen LogP contribution is -2.47. The van der Waals surface area contributed by atoms with E-state index in [0.29, 0.717) is 33.8 Å². The Kier molecular flexibility index (Phi) is 5.94. The molecule has 0 aromatic carbocycles. The molecule has 3 rings (SSSR count). The molecule has 1 saturated heterocycles. The highest BCUT2D eigenvalue weighted by molar-refractivity contribution is 7.18. The fourth-order valence-corrected chi connectivity index (χ4v) is 4.74. The van der Waals surface area contributed by atoms with Crippen LogP contribution in [0, 0.1) is 6.92 Å². The zero-order valence-electron chi connectivity index (χ0n) is 16.1. The zero-order chi connectivity index (χ0) is 21.3. The monoisotopic (exact) mass is 425 g/mol. The third-order valence-corrected chi connectivity index (χ3v) is 6.22. The van der Waals surface area contributed by atoms with Crippen molar-refractivity contribution < 1.29 is 19.4 Å². The van der Waals surface area contributed by atoms with E-state index in [-0.39, 0.29) is 19.2 Å². The summed E-state index contributed by atoms with van der Waals surface area (Å²) in [6, 6.07) is -0.980. The number of primary amides is 1. The second-order valence-corrected chi connectivity index (χ2v) is 7.83. The van der Waals surface area contributed by atoms with Gasteiger partial charge in [0, 0.05) is 18.0 Å². The number of carbonyl (C=O) groups is 2. The normalized spacial score (nSPS) is 16.3. The molecule has 1 unspecified atom stereocenters. The van der Waals surface area contributed by atoms with Gasteiger partial charge in [0.1, 0.15) is 4.83 Å². The minimum Gasteiger partial charge on any atom is -0.464 e. The number of nitrogens with zero attached hydrogens (tertiary/aromatic N) is 3. The first-order chi connectivity index (χ1) is 13.7. The van der Waals surface area contributed by atoms with Gasteiger partial charge in [-0.25, -0.2) is 24.8 Å². The second kappa shape index (κ2) is 8.25. The molecular formula is C17H23N5O6S. The van der Waals surface area contributed by atoms with Crippen LogP contribution in [0.5, 0.6) is 0 Å². The van der Waals surface area contributed by atoms with E-state index in [4.69, 9.17) is 15.6 Å². The standard InChI is InChI=1S/C17H23N5O6S/c1-3-20-13(23)12-9(2)11(8-22(15(18)24)19-16(25)26)29-14(12)21(17(20)27)7-10-5-4-6-28-10/h10,19H,3-8H2,1-2H3,(H2,18,24)(H,25,26). The number of ether oxygens (including phenoxy) is 1. The van der Waals surface area contributed by atoms with Crippen molar-refractivity contribution in [2.24, 2.45) is 5.73 Å². The molecule has 3 heterocycles. The van der Waals surface area contributed by atoms with Gasteiger partial charge in [-0.3, -0.25) is 13.9 Å². The minimum atomic E-state index is -1.44. The van der Waals surface area contributed by atoms with Gasteiger partial charge in [-0.15, -0.1) is 11.3 Å². The molecule has 4 N–H and O–H groups in total. The first-order valence-electron chi connectivity index (χ1n) is 9.18. The van der Waals surface area contributed by atoms with Crippen LogP contribution in [0.1, 0.15) is 30.2 Å². The lowest BCUT2D eigenvalue weighted by atomic mass is 10.2. The maximum Gasteiger partial charge on any atom is 0.423 e. The number of nitrogens with one attached hydrogen (secondary N) is 1. The number of carboxylic acid groups (broad SMARTS) is 1. The molecular weight excluding hydrogens is 402 g/mol. The topological polar surface area (TPSA) is 149 Å². The van der Waals surface area contributed by atoms with Crippen molar-refractivity contribution in [1.82, 2.24) is 19.6 Å². The third kappa shape index (κ3) is 3.98. The Bertz CT molecular complexity index is 1060. The summed E-state index contributed by atoms with van der Waals surface area (Å²) in [7, 11) is 0. The number of aromatic nitrogens is 2. The number of thiophene rings is 1. The summed E-state index contributed by atoms with van der Waals surface area (Å²) < 4.78 is 8.36. The summed E-state index contributed by atoms with van der Waals surface area (Å²) in [5.74, 6) is 0. The predicted octanol–water partition coefficient (Wildman–Crippen LogP) is 0.795. The van der Waals surface area contributed by atoms with E-state index in [0.717, 1.165) is 17.9 Å². The average molecular weight is 425 g/mol. The van der Waals surface area contributed by atoms with Crippen LogP contribution in [0.4, 0.5) is 9.59 Å². The van der Waals surface area contributed by atoms with Gasteiger partial charge >= 0.3 is 17.8 Å². The third-order valence-electron chi connectivity index (χ3n) is 4.92. The molecule has 29 heavy (non-hydrogen) atoms. The lowest BCUT2D eigenvalue weighted by molar-refractivity contribution is 0.0966. The van der Waals surface area contributed by atoms with Crippen LogP contribution in [-0.4, -0.2) is 44.1 Å². The smallest absolute Gasteiger partial charge is 0.423 e. The fourth-order valence-electron chi connectivity index (χ4n) is 3.45. The number of amides is 3. The molecule has 11 nitrogen and oxygen atoms in total. The highest BCUT2D eigenvalue weighted by Crippen LogP contribution is 2.29. The van der Waals surface area contributed by atoms with E-state index >= 15 is 0 Å². The predicted molar refractivity (Wildman–Crippen MR) is 106 cm³/mol. The largest absolute Gasteiger partial charge is 0.464 e. The van der Waals surface area contributed by atoms with Gasteiger partial charge in [0.05, 0.1) is 24.6 Å². The summed E-state index contributed by atoms with van der Waals surface area (Å²) in [5, 5.41) is 10.0. The Labute approximate surface area is 169 Å². The Morgan fingerprint density at radius 2 is 2.10 bits per heavy atom. The summed E-state index contributed by atoms with van der Waals surface area (Å²) in [5.41, 5.74) is 6.93. The van der Waals surface area contributed by atoms with Crippen LogP contribution < -0.4 is 22.4 Å². The number of rotatable bonds is 5. The van der Waals surface area contributed by atoms with Crippen molar-refractivity contribution in [3.05, 3.63) is 31.3 Å². The Hall–Kier alpha value is -2.86. The SMILES string of the molecule is CCn1c(=O)c2c(C)c(CN(NC(=O)O)C(N)=O)sc2n(CC2CCCO2)c1=O. The van der Waals surface area contributed by atoms with Gasteiger partial charge in [0.25, 0.3) is 5.56 Å². The molecule has 0 saturated carbocycles. The first-order valence-corrected chi connectivity index (χ1v) is 10.00. The van der Waals surface area contributed by atoms with Crippen molar-refractivity contribution >= 4 is 33.7 Å². The second-order valence-electron chi connectivity index (χ2n) is 6.75. The number of aryl methyl sites for hydroxylation is 1. The molecule has 0 aliphatic carbocycles. The Morgan fingerprint density at radius 1 is 1.38 bits per heavy atom. The number of hydrogen-bond acceptors (Lipinski definition) is 6. The number of urea groups is 1. The minimum absolute atomic E-state index is 0.111. The molecule has 1 fully saturated rings. The highest BCUT2D eigenvalue weighted by Gasteiger charge is 2.25. The van der Waals surface area contributed by atoms with E-state index in [1.54, 1.807) is 13.8 Å². The van der Waals surface area contributed by atoms with Gasteiger partial charge in [-0.2, -0.15) is 0 Å². The van der Waals surface area contributed by atoms with Gasteiger partial charge in [0.15, 0.2) is 0 Å². The van der Waals surface area contributed by atoms with E-state index < -0.39 is 23.4 Å². The number of fused-ring (bicyclic) bond motifs is 1. The summed E-state index contributed by atoms with van der Waals surface area (Å²) in [6.07, 6.45) is 0.194. The number of nitrogens with two attached hydrogens (primary N) is 1. The molecule has 12 heteroatoms. The Balaban J connectivity index is 2.14. The summed E-state index contributed by atoms with van der Waals surface area (Å²) in [4.78, 5) is 49.4. The van der Waals surface area contributed by atoms with Crippen molar-refractivity contribution in [2.45, 2.75) is 52.4 Å². The molecule has 158 valence electrons. The zero-order valence-corrected chi connectivity index (χ0v) is 17.0. The molecule has 1 aliphatic heterocycles. The maximum atomic E-state index is 12.9. The van der Waals surface area contributed by atoms with E-state index in [1.807, 2.05) is 5.43 Å². The van der Waals surface area contributed by atoms with Crippen molar-refractivity contribution in [3.63, 3.8) is 0 Å². The molecule has 2 aromatic rings. The molecule has 1 aliphatic rings. The highest BCUT2D eigenvalue weighted by atomic mass is 32.1. The summed E-state index contributed by atoms with van der Waals surface area (Å²) >= 11 is 1.17. The van der Waals surface area contributed by atoms with Gasteiger partial charge in [-0.05, 0) is 32.3 Å². The fraction of sp³-hybridized carbons (Fsp3) is 0.529. The Morgan fingerprint density at radius 3 is 2.66 bits per heavy atom. The molecule has 3 amide bonds. The first kappa shape index (κ1) is 20.9. The van der Waals surface area contributed by atoms with Gasteiger partial charge in [0.2, 0.25) is 0 Å². The van der Waals surface area contributed by atoms with Crippen LogP contribution in [-0.2, 0) is 24.4 Å². The molecule has 0 radical (unpaired) electrons. The van der Waals surface area contributed by atoms with Crippen molar-refractivity contribution in [1.29, 1.82) is 0 Å². The molecule has 1 atom stereocenters. The molecule has 0 spiro atoms. The number of hydrazine groups is 1. The van der Waals surface area contributed by atoms with Crippen LogP contribution in [0.15, 0.2) is 9.59 Å². The van der Waals surface area contributed by atoms with Gasteiger partial charge < -0.3 is 15.6 Å². The maximum absolute atomic E-state index is 12.9. The van der Waals surface area contributed by atoms with E-state index in [1.165, 1.54) is 20.5 Å². The summed E-state index contributed by atoms with van der Waals surface area (Å²) in [6.45, 7) is 4.45. The van der Waals surface area contributed by atoms with Crippen LogP contribution in [0.3, 0.4) is 0 Å². The number of carbonyl (C=O) groups excluding carboxylic acids is 1. The van der Waals surface area contributed by atoms with Crippen LogP contribution >= 0.6 is 11.3 Å². The molecule has 2 aromatic heterocycles. The lowest BCUT2D eigenvalue weighted by Gasteiger charge is -2.18. The quantitative estimate of drug-likeness (QED) is 0.603. The van der Waals surface area contributed by atoms with Crippen molar-refractivity contribution in [2.75, 3.05) is 6.61 Å².